The second-order valence-corrected chi connectivity index (χ2v) is 5.75. The van der Waals surface area contributed by atoms with Crippen LogP contribution in [0.4, 0.5) is 4.39 Å². The third-order valence-electron chi connectivity index (χ3n) is 3.18. The molecule has 1 heterocycles. The summed E-state index contributed by atoms with van der Waals surface area (Å²) in [6, 6.07) is 4.59. The van der Waals surface area contributed by atoms with E-state index in [1.807, 2.05) is 11.7 Å². The van der Waals surface area contributed by atoms with Gasteiger partial charge >= 0.3 is 0 Å². The number of benzene rings is 1. The molecule has 1 aromatic carbocycles. The van der Waals surface area contributed by atoms with Crippen LogP contribution in [-0.4, -0.2) is 30.5 Å². The second kappa shape index (κ2) is 7.35. The van der Waals surface area contributed by atoms with Crippen LogP contribution in [0.3, 0.4) is 0 Å². The van der Waals surface area contributed by atoms with Crippen molar-refractivity contribution in [2.24, 2.45) is 0 Å². The van der Waals surface area contributed by atoms with Crippen molar-refractivity contribution in [3.63, 3.8) is 0 Å². The Morgan fingerprint density at radius 1 is 1.52 bits per heavy atom. The minimum Gasteiger partial charge on any atom is -0.383 e. The molecule has 0 aliphatic rings. The fourth-order valence-electron chi connectivity index (χ4n) is 2.17. The minimum absolute atomic E-state index is 0.112. The number of hydrogen-bond acceptors (Lipinski definition) is 3. The fraction of sp³-hybridized carbons (Fsp3) is 0.357. The molecular weight excluding hydrogens is 361 g/mol. The number of nitrogens with one attached hydrogen (secondary N) is 1. The van der Waals surface area contributed by atoms with E-state index < -0.39 is 5.82 Å². The van der Waals surface area contributed by atoms with Crippen LogP contribution in [0.15, 0.2) is 28.9 Å². The first-order chi connectivity index (χ1) is 10.1. The molecule has 0 bridgehead atoms. The summed E-state index contributed by atoms with van der Waals surface area (Å²) in [4.78, 5) is 0. The van der Waals surface area contributed by atoms with E-state index in [-0.39, 0.29) is 11.1 Å². The van der Waals surface area contributed by atoms with Gasteiger partial charge in [0, 0.05) is 7.11 Å². The van der Waals surface area contributed by atoms with Crippen LogP contribution in [0.5, 0.6) is 0 Å². The lowest BCUT2D eigenvalue weighted by atomic mass is 10.0. The first-order valence-electron chi connectivity index (χ1n) is 6.40. The topological polar surface area (TPSA) is 39.1 Å². The van der Waals surface area contributed by atoms with Gasteiger partial charge in [0.1, 0.15) is 5.82 Å². The Labute approximate surface area is 136 Å². The molecule has 21 heavy (non-hydrogen) atoms. The Hall–Kier alpha value is -0.950. The molecule has 7 heteroatoms. The molecule has 1 N–H and O–H groups in total. The molecule has 0 amide bonds. The monoisotopic (exact) mass is 375 g/mol. The fourth-order valence-corrected chi connectivity index (χ4v) is 2.81. The second-order valence-electron chi connectivity index (χ2n) is 4.49. The van der Waals surface area contributed by atoms with Crippen LogP contribution in [0.25, 0.3) is 0 Å². The Morgan fingerprint density at radius 3 is 2.90 bits per heavy atom. The van der Waals surface area contributed by atoms with Crippen molar-refractivity contribution in [2.45, 2.75) is 12.6 Å². The Morgan fingerprint density at radius 2 is 2.29 bits per heavy atom. The molecule has 0 aliphatic carbocycles. The maximum atomic E-state index is 13.7. The number of hydrogen-bond donors (Lipinski definition) is 1. The van der Waals surface area contributed by atoms with Crippen LogP contribution in [0, 0.1) is 5.82 Å². The predicted molar refractivity (Wildman–Crippen MR) is 84.1 cm³/mol. The molecule has 1 atom stereocenters. The molecule has 0 spiro atoms. The molecule has 2 rings (SSSR count). The molecular formula is C14H16BrClFN3O. The van der Waals surface area contributed by atoms with Gasteiger partial charge in [0.15, 0.2) is 0 Å². The smallest absolute Gasteiger partial charge is 0.142 e. The quantitative estimate of drug-likeness (QED) is 0.840. The van der Waals surface area contributed by atoms with E-state index in [0.717, 1.165) is 15.7 Å². The lowest BCUT2D eigenvalue weighted by Crippen LogP contribution is -2.23. The molecule has 1 aromatic heterocycles. The van der Waals surface area contributed by atoms with E-state index in [0.29, 0.717) is 13.2 Å². The van der Waals surface area contributed by atoms with Gasteiger partial charge in [-0.25, -0.2) is 4.39 Å². The van der Waals surface area contributed by atoms with Gasteiger partial charge in [-0.3, -0.25) is 4.68 Å². The third kappa shape index (κ3) is 3.63. The average Bonchev–Trinajstić information content (AvgIpc) is 2.83. The zero-order valence-corrected chi connectivity index (χ0v) is 14.1. The molecule has 4 nitrogen and oxygen atoms in total. The first kappa shape index (κ1) is 16.4. The molecule has 2 aromatic rings. The normalized spacial score (nSPS) is 12.6. The van der Waals surface area contributed by atoms with Crippen molar-refractivity contribution in [2.75, 3.05) is 20.8 Å². The van der Waals surface area contributed by atoms with Gasteiger partial charge in [-0.15, -0.1) is 0 Å². The van der Waals surface area contributed by atoms with Gasteiger partial charge in [0.2, 0.25) is 0 Å². The lowest BCUT2D eigenvalue weighted by molar-refractivity contribution is 0.182. The number of nitrogens with zero attached hydrogens (tertiary/aromatic N) is 2. The van der Waals surface area contributed by atoms with Crippen molar-refractivity contribution in [3.8, 4) is 0 Å². The number of ether oxygens (including phenoxy) is 1. The SMILES string of the molecule is CNC(c1ccc(Cl)c(F)c1)c1c(Br)cnn1CCOC. The summed E-state index contributed by atoms with van der Waals surface area (Å²) in [5.41, 5.74) is 1.69. The first-order valence-corrected chi connectivity index (χ1v) is 7.58. The third-order valence-corrected chi connectivity index (χ3v) is 4.10. The van der Waals surface area contributed by atoms with E-state index in [2.05, 4.69) is 26.3 Å². The highest BCUT2D eigenvalue weighted by atomic mass is 79.9. The summed E-state index contributed by atoms with van der Waals surface area (Å²) >= 11 is 9.24. The highest BCUT2D eigenvalue weighted by Gasteiger charge is 2.21. The predicted octanol–water partition coefficient (Wildman–Crippen LogP) is 3.39. The van der Waals surface area contributed by atoms with Crippen molar-refractivity contribution in [1.82, 2.24) is 15.1 Å². The molecule has 0 aliphatic heterocycles. The maximum absolute atomic E-state index is 13.7. The van der Waals surface area contributed by atoms with Crippen LogP contribution in [-0.2, 0) is 11.3 Å². The summed E-state index contributed by atoms with van der Waals surface area (Å²) in [5, 5.41) is 7.61. The lowest BCUT2D eigenvalue weighted by Gasteiger charge is -2.19. The van der Waals surface area contributed by atoms with E-state index in [9.17, 15) is 4.39 Å². The minimum atomic E-state index is -0.437. The Balaban J connectivity index is 2.40. The van der Waals surface area contributed by atoms with Crippen LogP contribution in [0.1, 0.15) is 17.3 Å². The molecule has 1 unspecified atom stereocenters. The molecule has 0 fully saturated rings. The number of methoxy groups -OCH3 is 1. The van der Waals surface area contributed by atoms with Crippen LogP contribution < -0.4 is 5.32 Å². The summed E-state index contributed by atoms with van der Waals surface area (Å²) in [5.74, 6) is -0.437. The Kier molecular flexibility index (Phi) is 5.75. The number of rotatable bonds is 6. The highest BCUT2D eigenvalue weighted by Crippen LogP contribution is 2.30. The summed E-state index contributed by atoms with van der Waals surface area (Å²) in [6.45, 7) is 1.16. The van der Waals surface area contributed by atoms with Crippen molar-refractivity contribution < 1.29 is 9.13 Å². The molecule has 114 valence electrons. The summed E-state index contributed by atoms with van der Waals surface area (Å²) < 4.78 is 21.5. The maximum Gasteiger partial charge on any atom is 0.142 e. The van der Waals surface area contributed by atoms with Gasteiger partial charge in [-0.2, -0.15) is 5.10 Å². The largest absolute Gasteiger partial charge is 0.383 e. The van der Waals surface area contributed by atoms with Crippen LogP contribution >= 0.6 is 27.5 Å². The van der Waals surface area contributed by atoms with Crippen molar-refractivity contribution in [1.29, 1.82) is 0 Å². The van der Waals surface area contributed by atoms with E-state index in [1.54, 1.807) is 25.4 Å². The van der Waals surface area contributed by atoms with Gasteiger partial charge in [-0.05, 0) is 40.7 Å². The van der Waals surface area contributed by atoms with Crippen molar-refractivity contribution in [3.05, 3.63) is 51.0 Å². The average molecular weight is 377 g/mol. The van der Waals surface area contributed by atoms with Crippen molar-refractivity contribution >= 4 is 27.5 Å². The zero-order chi connectivity index (χ0) is 15.4. The van der Waals surface area contributed by atoms with Gasteiger partial charge in [0.05, 0.1) is 40.6 Å². The molecule has 0 saturated carbocycles. The van der Waals surface area contributed by atoms with Gasteiger partial charge in [0.25, 0.3) is 0 Å². The Bertz CT molecular complexity index is 620. The van der Waals surface area contributed by atoms with Gasteiger partial charge in [-0.1, -0.05) is 17.7 Å². The summed E-state index contributed by atoms with van der Waals surface area (Å²) in [6.07, 6.45) is 1.72. The summed E-state index contributed by atoms with van der Waals surface area (Å²) in [7, 11) is 3.46. The van der Waals surface area contributed by atoms with Crippen LogP contribution in [0.2, 0.25) is 5.02 Å². The van der Waals surface area contributed by atoms with E-state index >= 15 is 0 Å². The highest BCUT2D eigenvalue weighted by molar-refractivity contribution is 9.10. The number of halogens is 3. The number of aromatic nitrogens is 2. The van der Waals surface area contributed by atoms with E-state index in [1.165, 1.54) is 6.07 Å². The molecule has 0 saturated heterocycles. The zero-order valence-electron chi connectivity index (χ0n) is 11.7. The standard InChI is InChI=1S/C14H16BrClFN3O/c1-18-13(9-3-4-11(16)12(17)7-9)14-10(15)8-19-20(14)5-6-21-2/h3-4,7-8,13,18H,5-6H2,1-2H3. The van der Waals surface area contributed by atoms with E-state index in [4.69, 9.17) is 16.3 Å². The van der Waals surface area contributed by atoms with Gasteiger partial charge < -0.3 is 10.1 Å². The molecule has 0 radical (unpaired) electrons.